The molecular weight excluding hydrogens is 182 g/mol. The molecule has 0 unspecified atom stereocenters. The van der Waals surface area contributed by atoms with Crippen molar-refractivity contribution in [1.29, 1.82) is 0 Å². The number of carbonyl (C=O) groups excluding carboxylic acids is 1. The Hall–Kier alpha value is -1.13. The Balaban J connectivity index is 1.98. The van der Waals surface area contributed by atoms with Gasteiger partial charge in [0.2, 0.25) is 0 Å². The Bertz CT molecular complexity index is 302. The maximum Gasteiger partial charge on any atom is 0.153 e. The van der Waals surface area contributed by atoms with Gasteiger partial charge in [-0.3, -0.25) is 9.69 Å². The summed E-state index contributed by atoms with van der Waals surface area (Å²) in [7, 11) is 0. The first-order chi connectivity index (χ1) is 6.90. The molecule has 0 radical (unpaired) electrons. The zero-order valence-electron chi connectivity index (χ0n) is 7.94. The minimum atomic E-state index is 0.650. The van der Waals surface area contributed by atoms with Crippen molar-refractivity contribution in [3.63, 3.8) is 0 Å². The van der Waals surface area contributed by atoms with Crippen molar-refractivity contribution < 1.29 is 13.9 Å². The summed E-state index contributed by atoms with van der Waals surface area (Å²) in [6, 6.07) is 1.70. The summed E-state index contributed by atoms with van der Waals surface area (Å²) in [5.41, 5.74) is 0.650. The average Bonchev–Trinajstić information content (AvgIpc) is 2.67. The molecule has 4 heteroatoms. The topological polar surface area (TPSA) is 42.7 Å². The average molecular weight is 195 g/mol. The third-order valence-corrected chi connectivity index (χ3v) is 2.38. The van der Waals surface area contributed by atoms with Crippen LogP contribution in [-0.2, 0) is 11.3 Å². The Morgan fingerprint density at radius 1 is 1.43 bits per heavy atom. The highest BCUT2D eigenvalue weighted by molar-refractivity contribution is 5.75. The fraction of sp³-hybridized carbons (Fsp3) is 0.500. The first-order valence-corrected chi connectivity index (χ1v) is 4.72. The SMILES string of the molecule is O=Cc1ccoc1CN1CCOCC1. The maximum atomic E-state index is 10.6. The Morgan fingerprint density at radius 3 is 2.93 bits per heavy atom. The van der Waals surface area contributed by atoms with Crippen LogP contribution < -0.4 is 0 Å². The molecular formula is C10H13NO3. The number of nitrogens with zero attached hydrogens (tertiary/aromatic N) is 1. The first-order valence-electron chi connectivity index (χ1n) is 4.72. The molecule has 2 rings (SSSR count). The van der Waals surface area contributed by atoms with Gasteiger partial charge < -0.3 is 9.15 Å². The molecule has 0 saturated carbocycles. The number of ether oxygens (including phenoxy) is 1. The van der Waals surface area contributed by atoms with Gasteiger partial charge >= 0.3 is 0 Å². The van der Waals surface area contributed by atoms with E-state index in [1.165, 1.54) is 0 Å². The van der Waals surface area contributed by atoms with E-state index in [0.717, 1.165) is 38.3 Å². The van der Waals surface area contributed by atoms with Crippen LogP contribution in [0.5, 0.6) is 0 Å². The van der Waals surface area contributed by atoms with Crippen molar-refractivity contribution >= 4 is 6.29 Å². The highest BCUT2D eigenvalue weighted by Gasteiger charge is 2.14. The summed E-state index contributed by atoms with van der Waals surface area (Å²) in [6.45, 7) is 4.02. The van der Waals surface area contributed by atoms with Gasteiger partial charge in [0, 0.05) is 13.1 Å². The number of carbonyl (C=O) groups is 1. The lowest BCUT2D eigenvalue weighted by Crippen LogP contribution is -2.35. The molecule has 0 atom stereocenters. The highest BCUT2D eigenvalue weighted by atomic mass is 16.5. The van der Waals surface area contributed by atoms with Crippen LogP contribution in [0.15, 0.2) is 16.7 Å². The fourth-order valence-corrected chi connectivity index (χ4v) is 1.55. The molecule has 0 spiro atoms. The standard InChI is InChI=1S/C10H13NO3/c12-8-9-1-4-14-10(9)7-11-2-5-13-6-3-11/h1,4,8H,2-3,5-7H2. The molecule has 1 aliphatic rings. The Kier molecular flexibility index (Phi) is 2.96. The van der Waals surface area contributed by atoms with Crippen molar-refractivity contribution in [3.8, 4) is 0 Å². The summed E-state index contributed by atoms with van der Waals surface area (Å²) in [5.74, 6) is 0.752. The summed E-state index contributed by atoms with van der Waals surface area (Å²) < 4.78 is 10.5. The van der Waals surface area contributed by atoms with E-state index >= 15 is 0 Å². The minimum absolute atomic E-state index is 0.650. The van der Waals surface area contributed by atoms with E-state index in [0.29, 0.717) is 12.1 Å². The number of hydrogen-bond acceptors (Lipinski definition) is 4. The van der Waals surface area contributed by atoms with E-state index in [1.807, 2.05) is 0 Å². The van der Waals surface area contributed by atoms with Gasteiger partial charge in [-0.1, -0.05) is 0 Å². The van der Waals surface area contributed by atoms with Crippen molar-refractivity contribution in [1.82, 2.24) is 4.90 Å². The quantitative estimate of drug-likeness (QED) is 0.673. The van der Waals surface area contributed by atoms with E-state index in [1.54, 1.807) is 12.3 Å². The summed E-state index contributed by atoms with van der Waals surface area (Å²) in [6.07, 6.45) is 2.39. The van der Waals surface area contributed by atoms with E-state index in [4.69, 9.17) is 9.15 Å². The number of rotatable bonds is 3. The lowest BCUT2D eigenvalue weighted by Gasteiger charge is -2.25. The molecule has 14 heavy (non-hydrogen) atoms. The van der Waals surface area contributed by atoms with Crippen molar-refractivity contribution in [2.75, 3.05) is 26.3 Å². The van der Waals surface area contributed by atoms with Gasteiger partial charge in [-0.15, -0.1) is 0 Å². The highest BCUT2D eigenvalue weighted by Crippen LogP contribution is 2.12. The molecule has 0 N–H and O–H groups in total. The monoisotopic (exact) mass is 195 g/mol. The maximum absolute atomic E-state index is 10.6. The molecule has 1 aromatic heterocycles. The molecule has 0 bridgehead atoms. The summed E-state index contributed by atoms with van der Waals surface area (Å²) >= 11 is 0. The van der Waals surface area contributed by atoms with Gasteiger partial charge in [-0.25, -0.2) is 0 Å². The molecule has 0 aliphatic carbocycles. The third-order valence-electron chi connectivity index (χ3n) is 2.38. The largest absolute Gasteiger partial charge is 0.467 e. The molecule has 76 valence electrons. The van der Waals surface area contributed by atoms with Gasteiger partial charge in [-0.05, 0) is 6.07 Å². The number of morpholine rings is 1. The lowest BCUT2D eigenvalue weighted by molar-refractivity contribution is 0.0312. The van der Waals surface area contributed by atoms with E-state index in [9.17, 15) is 4.79 Å². The second-order valence-electron chi connectivity index (χ2n) is 3.31. The van der Waals surface area contributed by atoms with Crippen LogP contribution in [0.2, 0.25) is 0 Å². The van der Waals surface area contributed by atoms with Crippen molar-refractivity contribution in [2.45, 2.75) is 6.54 Å². The molecule has 1 aromatic rings. The van der Waals surface area contributed by atoms with Crippen LogP contribution in [0, 0.1) is 0 Å². The molecule has 4 nitrogen and oxygen atoms in total. The number of hydrogen-bond donors (Lipinski definition) is 0. The molecule has 1 fully saturated rings. The van der Waals surface area contributed by atoms with Gasteiger partial charge in [0.25, 0.3) is 0 Å². The normalized spacial score (nSPS) is 18.3. The Labute approximate surface area is 82.4 Å². The van der Waals surface area contributed by atoms with Gasteiger partial charge in [0.05, 0.1) is 31.6 Å². The zero-order chi connectivity index (χ0) is 9.80. The lowest BCUT2D eigenvalue weighted by atomic mass is 10.2. The van der Waals surface area contributed by atoms with Gasteiger partial charge in [0.15, 0.2) is 6.29 Å². The van der Waals surface area contributed by atoms with Crippen LogP contribution in [-0.4, -0.2) is 37.5 Å². The summed E-state index contributed by atoms with van der Waals surface area (Å²) in [5, 5.41) is 0. The fourth-order valence-electron chi connectivity index (χ4n) is 1.55. The van der Waals surface area contributed by atoms with Gasteiger partial charge in [0.1, 0.15) is 5.76 Å². The van der Waals surface area contributed by atoms with Crippen LogP contribution in [0.4, 0.5) is 0 Å². The molecule has 0 aromatic carbocycles. The van der Waals surface area contributed by atoms with Crippen LogP contribution in [0.1, 0.15) is 16.1 Å². The molecule has 1 aliphatic heterocycles. The molecule has 1 saturated heterocycles. The van der Waals surface area contributed by atoms with Crippen molar-refractivity contribution in [3.05, 3.63) is 23.7 Å². The van der Waals surface area contributed by atoms with E-state index in [-0.39, 0.29) is 0 Å². The number of aldehydes is 1. The molecule has 2 heterocycles. The van der Waals surface area contributed by atoms with Gasteiger partial charge in [-0.2, -0.15) is 0 Å². The summed E-state index contributed by atoms with van der Waals surface area (Å²) in [4.78, 5) is 12.8. The number of furan rings is 1. The van der Waals surface area contributed by atoms with Crippen LogP contribution >= 0.6 is 0 Å². The minimum Gasteiger partial charge on any atom is -0.467 e. The predicted octanol–water partition coefficient (Wildman–Crippen LogP) is 0.924. The van der Waals surface area contributed by atoms with E-state index in [2.05, 4.69) is 4.90 Å². The second-order valence-corrected chi connectivity index (χ2v) is 3.31. The first kappa shape index (κ1) is 9.43. The predicted molar refractivity (Wildman–Crippen MR) is 50.2 cm³/mol. The zero-order valence-corrected chi connectivity index (χ0v) is 7.94. The van der Waals surface area contributed by atoms with Crippen LogP contribution in [0.25, 0.3) is 0 Å². The smallest absolute Gasteiger partial charge is 0.153 e. The van der Waals surface area contributed by atoms with Crippen molar-refractivity contribution in [2.24, 2.45) is 0 Å². The third kappa shape index (κ3) is 2.02. The second kappa shape index (κ2) is 4.39. The van der Waals surface area contributed by atoms with Crippen LogP contribution in [0.3, 0.4) is 0 Å². The van der Waals surface area contributed by atoms with E-state index < -0.39 is 0 Å². The Morgan fingerprint density at radius 2 is 2.21 bits per heavy atom. The molecule has 0 amide bonds.